The van der Waals surface area contributed by atoms with Crippen molar-refractivity contribution >= 4 is 29.1 Å². The number of aryl methyl sites for hydroxylation is 2. The first-order chi connectivity index (χ1) is 18.7. The molecule has 4 aliphatic rings. The number of carbonyl (C=O) groups excluding carboxylic acids is 3. The normalized spacial score (nSPS) is 29.7. The molecule has 0 N–H and O–H groups in total. The molecular weight excluding hydrogens is 510 g/mol. The molecule has 3 heterocycles. The Balaban J connectivity index is 1.32. The molecule has 2 aromatic carbocycles. The number of amides is 1. The predicted octanol–water partition coefficient (Wildman–Crippen LogP) is 5.96. The van der Waals surface area contributed by atoms with Gasteiger partial charge in [0.25, 0.3) is 0 Å². The molecule has 2 bridgehead atoms. The summed E-state index contributed by atoms with van der Waals surface area (Å²) in [7, 11) is 0. The van der Waals surface area contributed by atoms with Gasteiger partial charge in [-0.3, -0.25) is 14.4 Å². The zero-order chi connectivity index (χ0) is 27.3. The van der Waals surface area contributed by atoms with Crippen molar-refractivity contribution in [2.75, 3.05) is 0 Å². The molecule has 3 aliphatic heterocycles. The van der Waals surface area contributed by atoms with Crippen molar-refractivity contribution in [1.29, 1.82) is 0 Å². The lowest BCUT2D eigenvalue weighted by atomic mass is 9.71. The summed E-state index contributed by atoms with van der Waals surface area (Å²) in [5.74, 6) is -1.03. The van der Waals surface area contributed by atoms with E-state index in [1.165, 1.54) is 6.42 Å². The third-order valence-electron chi connectivity index (χ3n) is 9.19. The summed E-state index contributed by atoms with van der Waals surface area (Å²) in [4.78, 5) is 43.8. The average Bonchev–Trinajstić information content (AvgIpc) is 3.53. The van der Waals surface area contributed by atoms with E-state index in [2.05, 4.69) is 6.07 Å². The summed E-state index contributed by atoms with van der Waals surface area (Å²) in [5.41, 5.74) is 2.99. The van der Waals surface area contributed by atoms with Gasteiger partial charge in [-0.15, -0.1) is 0 Å². The summed E-state index contributed by atoms with van der Waals surface area (Å²) in [5, 5.41) is 0.619. The second-order valence-electron chi connectivity index (χ2n) is 12.1. The summed E-state index contributed by atoms with van der Waals surface area (Å²) in [6.07, 6.45) is 9.69. The lowest BCUT2D eigenvalue weighted by Crippen LogP contribution is -2.50. The van der Waals surface area contributed by atoms with Crippen LogP contribution >= 0.6 is 11.6 Å². The molecule has 1 spiro atoms. The number of fused-ring (bicyclic) bond motifs is 1. The van der Waals surface area contributed by atoms with E-state index in [-0.39, 0.29) is 30.4 Å². The summed E-state index contributed by atoms with van der Waals surface area (Å²) < 4.78 is 6.55. The third kappa shape index (κ3) is 4.78. The Bertz CT molecular complexity index is 1310. The van der Waals surface area contributed by atoms with Crippen molar-refractivity contribution in [2.45, 2.75) is 83.1 Å². The van der Waals surface area contributed by atoms with Crippen LogP contribution in [0.3, 0.4) is 0 Å². The molecule has 6 heteroatoms. The average molecular weight is 546 g/mol. The molecule has 39 heavy (non-hydrogen) atoms. The number of carbonyl (C=O) groups is 3. The molecule has 1 amide bonds. The van der Waals surface area contributed by atoms with Crippen molar-refractivity contribution in [1.82, 2.24) is 4.90 Å². The van der Waals surface area contributed by atoms with Gasteiger partial charge in [-0.05, 0) is 43.0 Å². The van der Waals surface area contributed by atoms with Crippen LogP contribution < -0.4 is 0 Å². The van der Waals surface area contributed by atoms with Crippen LogP contribution in [-0.4, -0.2) is 40.1 Å². The maximum atomic E-state index is 14.2. The van der Waals surface area contributed by atoms with E-state index in [1.807, 2.05) is 50.3 Å². The first-order valence-corrected chi connectivity index (χ1v) is 14.7. The molecule has 5 nitrogen and oxygen atoms in total. The Labute approximate surface area is 235 Å². The lowest BCUT2D eigenvalue weighted by Gasteiger charge is -2.33. The quantitative estimate of drug-likeness (QED) is 0.384. The summed E-state index contributed by atoms with van der Waals surface area (Å²) in [6, 6.07) is 12.8. The van der Waals surface area contributed by atoms with Gasteiger partial charge >= 0.3 is 0 Å². The van der Waals surface area contributed by atoms with Crippen LogP contribution in [0.1, 0.15) is 60.8 Å². The van der Waals surface area contributed by atoms with Crippen molar-refractivity contribution in [3.8, 4) is 0 Å². The Morgan fingerprint density at radius 1 is 0.974 bits per heavy atom. The highest BCUT2D eigenvalue weighted by molar-refractivity contribution is 6.30. The van der Waals surface area contributed by atoms with Crippen molar-refractivity contribution in [3.63, 3.8) is 0 Å². The fraction of sp³-hybridized carbons (Fsp3) is 0.485. The topological polar surface area (TPSA) is 63.7 Å². The second kappa shape index (κ2) is 10.3. The van der Waals surface area contributed by atoms with Crippen LogP contribution in [0.4, 0.5) is 0 Å². The van der Waals surface area contributed by atoms with Crippen molar-refractivity contribution in [2.24, 2.45) is 17.8 Å². The van der Waals surface area contributed by atoms with Gasteiger partial charge in [-0.1, -0.05) is 97.3 Å². The fourth-order valence-corrected chi connectivity index (χ4v) is 7.78. The predicted molar refractivity (Wildman–Crippen MR) is 150 cm³/mol. The summed E-state index contributed by atoms with van der Waals surface area (Å²) >= 11 is 6.11. The number of rotatable bonds is 8. The first-order valence-electron chi connectivity index (χ1n) is 14.3. The van der Waals surface area contributed by atoms with Crippen LogP contribution in [0.5, 0.6) is 0 Å². The molecule has 1 saturated carbocycles. The minimum Gasteiger partial charge on any atom is -0.359 e. The molecule has 3 fully saturated rings. The largest absolute Gasteiger partial charge is 0.359 e. The second-order valence-corrected chi connectivity index (χ2v) is 12.5. The minimum absolute atomic E-state index is 0.00129. The van der Waals surface area contributed by atoms with E-state index in [0.717, 1.165) is 47.9 Å². The highest BCUT2D eigenvalue weighted by Gasteiger charge is 2.72. The maximum Gasteiger partial charge on any atom is 0.230 e. The number of likely N-dealkylation sites (tertiary alicyclic amines) is 1. The minimum atomic E-state index is -1.08. The van der Waals surface area contributed by atoms with Crippen LogP contribution in [0.2, 0.25) is 5.02 Å². The van der Waals surface area contributed by atoms with Gasteiger partial charge in [0.15, 0.2) is 5.78 Å². The number of Topliss-reactive ketones (excluding diaryl/α,β-unsaturated/α-hetero) is 2. The van der Waals surface area contributed by atoms with Gasteiger partial charge in [0.05, 0.1) is 17.9 Å². The van der Waals surface area contributed by atoms with Gasteiger partial charge in [0.2, 0.25) is 5.91 Å². The maximum absolute atomic E-state index is 14.2. The van der Waals surface area contributed by atoms with Crippen molar-refractivity contribution in [3.05, 3.63) is 81.9 Å². The highest BCUT2D eigenvalue weighted by atomic mass is 35.5. The monoisotopic (exact) mass is 545 g/mol. The SMILES string of the molecule is Cc1cc(C)cc(CC(=O)C2C3C=CC4(O3)C2C(=O)N(Cc2ccc(Cl)cc2)C4C(=O)CC2CCCCC2)c1. The number of ether oxygens (including phenoxy) is 1. The van der Waals surface area contributed by atoms with Gasteiger partial charge in [0.1, 0.15) is 17.4 Å². The molecule has 5 unspecified atom stereocenters. The van der Waals surface area contributed by atoms with Gasteiger partial charge in [-0.25, -0.2) is 0 Å². The Hall–Kier alpha value is -2.76. The first kappa shape index (κ1) is 26.5. The molecule has 5 atom stereocenters. The van der Waals surface area contributed by atoms with Crippen LogP contribution in [-0.2, 0) is 32.1 Å². The van der Waals surface area contributed by atoms with Crippen LogP contribution in [0.15, 0.2) is 54.6 Å². The molecule has 204 valence electrons. The smallest absolute Gasteiger partial charge is 0.230 e. The van der Waals surface area contributed by atoms with E-state index in [0.29, 0.717) is 17.4 Å². The highest BCUT2D eigenvalue weighted by Crippen LogP contribution is 2.56. The van der Waals surface area contributed by atoms with Crippen molar-refractivity contribution < 1.29 is 19.1 Å². The van der Waals surface area contributed by atoms with E-state index in [1.54, 1.807) is 17.0 Å². The fourth-order valence-electron chi connectivity index (χ4n) is 7.65. The Kier molecular flexibility index (Phi) is 7.01. The molecule has 0 radical (unpaired) electrons. The number of nitrogens with zero attached hydrogens (tertiary/aromatic N) is 1. The standard InChI is InChI=1S/C33H36ClNO4/c1-20-14-21(2)16-24(15-20)18-26(36)29-28-12-13-33(39-28)30(29)32(38)35(19-23-8-10-25(34)11-9-23)31(33)27(37)17-22-6-4-3-5-7-22/h8-16,22,28-31H,3-7,17-19H2,1-2H3. The molecule has 2 saturated heterocycles. The molecule has 2 aromatic rings. The van der Waals surface area contributed by atoms with Gasteiger partial charge < -0.3 is 9.64 Å². The van der Waals surface area contributed by atoms with E-state index < -0.39 is 29.6 Å². The third-order valence-corrected chi connectivity index (χ3v) is 9.44. The number of hydrogen-bond donors (Lipinski definition) is 0. The molecule has 1 aliphatic carbocycles. The molecule has 0 aromatic heterocycles. The number of benzene rings is 2. The van der Waals surface area contributed by atoms with Gasteiger partial charge in [0, 0.05) is 24.4 Å². The van der Waals surface area contributed by atoms with E-state index in [4.69, 9.17) is 16.3 Å². The number of ketones is 2. The van der Waals surface area contributed by atoms with E-state index in [9.17, 15) is 14.4 Å². The van der Waals surface area contributed by atoms with Crippen LogP contribution in [0, 0.1) is 31.6 Å². The number of halogens is 1. The lowest BCUT2D eigenvalue weighted by molar-refractivity contribution is -0.141. The summed E-state index contributed by atoms with van der Waals surface area (Å²) in [6.45, 7) is 4.34. The molecular formula is C33H36ClNO4. The Morgan fingerprint density at radius 3 is 2.36 bits per heavy atom. The number of hydrogen-bond acceptors (Lipinski definition) is 4. The zero-order valence-electron chi connectivity index (χ0n) is 22.7. The zero-order valence-corrected chi connectivity index (χ0v) is 23.5. The van der Waals surface area contributed by atoms with E-state index >= 15 is 0 Å². The van der Waals surface area contributed by atoms with Crippen LogP contribution in [0.25, 0.3) is 0 Å². The Morgan fingerprint density at radius 2 is 1.67 bits per heavy atom. The van der Waals surface area contributed by atoms with Gasteiger partial charge in [-0.2, -0.15) is 0 Å². The molecule has 6 rings (SSSR count).